The lowest BCUT2D eigenvalue weighted by atomic mass is 10.2. The molecular weight excluding hydrogens is 391 g/mol. The van der Waals surface area contributed by atoms with Crippen molar-refractivity contribution in [1.29, 1.82) is 0 Å². The molecule has 14 heteroatoms. The second-order valence-corrected chi connectivity index (χ2v) is 6.76. The number of nitrogens with zero attached hydrogens (tertiary/aromatic N) is 1. The van der Waals surface area contributed by atoms with E-state index in [2.05, 4.69) is 14.2 Å². The predicted molar refractivity (Wildman–Crippen MR) is 88.1 cm³/mol. The third-order valence-electron chi connectivity index (χ3n) is 3.34. The fourth-order valence-electron chi connectivity index (χ4n) is 2.13. The van der Waals surface area contributed by atoms with Crippen LogP contribution in [0.5, 0.6) is 0 Å². The number of aliphatic hydroxyl groups is 1. The molecule has 1 aliphatic rings. The molecular formula is C13H21N2O11P. The van der Waals surface area contributed by atoms with Crippen LogP contribution in [0.25, 0.3) is 0 Å². The van der Waals surface area contributed by atoms with Crippen molar-refractivity contribution in [2.75, 3.05) is 20.3 Å². The average Bonchev–Trinajstić information content (AvgIpc) is 2.89. The number of aryl methyl sites for hydroxylation is 1. The van der Waals surface area contributed by atoms with Gasteiger partial charge in [0.15, 0.2) is 0 Å². The zero-order valence-electron chi connectivity index (χ0n) is 14.5. The summed E-state index contributed by atoms with van der Waals surface area (Å²) < 4.78 is 25.6. The van der Waals surface area contributed by atoms with Crippen LogP contribution in [0.4, 0.5) is 0 Å². The van der Waals surface area contributed by atoms with Crippen LogP contribution in [-0.2, 0) is 23.4 Å². The van der Waals surface area contributed by atoms with Crippen molar-refractivity contribution in [3.05, 3.63) is 32.6 Å². The van der Waals surface area contributed by atoms with Gasteiger partial charge in [-0.1, -0.05) is 0 Å². The minimum Gasteiger partial charge on any atom is -0.480 e. The summed E-state index contributed by atoms with van der Waals surface area (Å²) in [6.07, 6.45) is -1.57. The monoisotopic (exact) mass is 412 g/mol. The number of hydrogen-bond acceptors (Lipinski definition) is 8. The Labute approximate surface area is 152 Å². The predicted octanol–water partition coefficient (Wildman–Crippen LogP) is -1.68. The van der Waals surface area contributed by atoms with Crippen molar-refractivity contribution in [3.63, 3.8) is 0 Å². The minimum atomic E-state index is -4.67. The molecule has 0 spiro atoms. The molecule has 2 heterocycles. The van der Waals surface area contributed by atoms with E-state index in [1.165, 1.54) is 20.2 Å². The summed E-state index contributed by atoms with van der Waals surface area (Å²) in [5.41, 5.74) is -0.918. The fraction of sp³-hybridized carbons (Fsp3) is 0.615. The summed E-state index contributed by atoms with van der Waals surface area (Å²) in [7, 11) is -3.33. The molecule has 2 rings (SSSR count). The van der Waals surface area contributed by atoms with Crippen LogP contribution in [0.2, 0.25) is 0 Å². The third kappa shape index (κ3) is 7.72. The Morgan fingerprint density at radius 2 is 2.07 bits per heavy atom. The molecule has 0 radical (unpaired) electrons. The van der Waals surface area contributed by atoms with Crippen LogP contribution in [-0.4, -0.2) is 68.1 Å². The first kappa shape index (κ1) is 23.2. The first-order chi connectivity index (χ1) is 12.4. The Hall–Kier alpha value is -1.86. The van der Waals surface area contributed by atoms with Gasteiger partial charge >= 0.3 is 19.5 Å². The molecule has 0 aliphatic carbocycles. The highest BCUT2D eigenvalue weighted by Crippen LogP contribution is 2.38. The van der Waals surface area contributed by atoms with E-state index in [-0.39, 0.29) is 13.0 Å². The fourth-order valence-corrected chi connectivity index (χ4v) is 2.47. The van der Waals surface area contributed by atoms with Crippen molar-refractivity contribution in [1.82, 2.24) is 9.55 Å². The van der Waals surface area contributed by atoms with E-state index in [0.717, 1.165) is 4.57 Å². The summed E-state index contributed by atoms with van der Waals surface area (Å²) in [5.74, 6) is -0.933. The van der Waals surface area contributed by atoms with Gasteiger partial charge in [0.1, 0.15) is 18.9 Å². The zero-order valence-corrected chi connectivity index (χ0v) is 15.4. The molecule has 0 bridgehead atoms. The van der Waals surface area contributed by atoms with E-state index in [1.54, 1.807) is 0 Å². The molecule has 0 aromatic carbocycles. The van der Waals surface area contributed by atoms with Crippen molar-refractivity contribution in [2.24, 2.45) is 0 Å². The third-order valence-corrected chi connectivity index (χ3v) is 3.82. The van der Waals surface area contributed by atoms with Gasteiger partial charge in [0, 0.05) is 25.3 Å². The molecule has 5 N–H and O–H groups in total. The number of phosphoric ester groups is 1. The summed E-state index contributed by atoms with van der Waals surface area (Å²) >= 11 is 0. The van der Waals surface area contributed by atoms with Gasteiger partial charge in [0.05, 0.1) is 12.7 Å². The molecule has 154 valence electrons. The number of carboxylic acids is 1. The summed E-state index contributed by atoms with van der Waals surface area (Å²) in [5, 5.41) is 17.6. The number of phosphoric acid groups is 1. The van der Waals surface area contributed by atoms with E-state index in [1.807, 2.05) is 0 Å². The molecule has 0 amide bonds. The van der Waals surface area contributed by atoms with Crippen molar-refractivity contribution >= 4 is 13.8 Å². The van der Waals surface area contributed by atoms with Crippen LogP contribution in [0, 0.1) is 6.92 Å². The Bertz CT molecular complexity index is 798. The topological polar surface area (TPSA) is 198 Å². The first-order valence-corrected chi connectivity index (χ1v) is 9.04. The van der Waals surface area contributed by atoms with Gasteiger partial charge < -0.3 is 29.5 Å². The lowest BCUT2D eigenvalue weighted by Crippen LogP contribution is -2.33. The molecule has 27 heavy (non-hydrogen) atoms. The minimum absolute atomic E-state index is 0.0283. The zero-order chi connectivity index (χ0) is 20.8. The first-order valence-electron chi connectivity index (χ1n) is 7.51. The number of methoxy groups -OCH3 is 1. The number of aliphatic hydroxyl groups excluding tert-OH is 1. The molecule has 1 aromatic heterocycles. The molecule has 0 saturated carbocycles. The number of aliphatic carboxylic acids is 1. The highest BCUT2D eigenvalue weighted by atomic mass is 31.2. The van der Waals surface area contributed by atoms with Crippen LogP contribution >= 0.6 is 7.82 Å². The molecule has 1 saturated heterocycles. The van der Waals surface area contributed by atoms with Crippen LogP contribution in [0.1, 0.15) is 18.2 Å². The maximum absolute atomic E-state index is 11.7. The van der Waals surface area contributed by atoms with Gasteiger partial charge in [0.2, 0.25) is 0 Å². The largest absolute Gasteiger partial charge is 0.480 e. The SMILES string of the molecule is COCC(=O)O.Cc1cn([C@H]2C[C@H](O)[C@@H](COP(=O)(O)O)O2)c(=O)[nH]c1=O. The number of carbonyl (C=O) groups is 1. The van der Waals surface area contributed by atoms with E-state index >= 15 is 0 Å². The van der Waals surface area contributed by atoms with E-state index in [0.29, 0.717) is 5.56 Å². The number of ether oxygens (including phenoxy) is 2. The highest BCUT2D eigenvalue weighted by molar-refractivity contribution is 7.46. The smallest absolute Gasteiger partial charge is 0.469 e. The van der Waals surface area contributed by atoms with Crippen molar-refractivity contribution in [3.8, 4) is 0 Å². The van der Waals surface area contributed by atoms with Gasteiger partial charge in [-0.15, -0.1) is 0 Å². The Balaban J connectivity index is 0.000000527. The number of aromatic amines is 1. The van der Waals surface area contributed by atoms with Gasteiger partial charge in [-0.2, -0.15) is 0 Å². The lowest BCUT2D eigenvalue weighted by molar-refractivity contribution is -0.141. The number of H-pyrrole nitrogens is 1. The summed E-state index contributed by atoms with van der Waals surface area (Å²) in [6.45, 7) is 0.785. The number of hydrogen-bond donors (Lipinski definition) is 5. The van der Waals surface area contributed by atoms with Crippen LogP contribution in [0.3, 0.4) is 0 Å². The standard InChI is InChI=1S/C10H15N2O8P.C3H6O3/c1-5-3-12(10(15)11-9(5)14)8-2-6(13)7(20-8)4-19-21(16,17)18;1-6-2-3(4)5/h3,6-8,13H,2,4H2,1H3,(H,11,14,15)(H2,16,17,18);2H2,1H3,(H,4,5)/t6-,7+,8+;/m0./s1. The quantitative estimate of drug-likeness (QED) is 0.334. The van der Waals surface area contributed by atoms with Crippen LogP contribution < -0.4 is 11.2 Å². The normalized spacial score (nSPS) is 22.2. The Morgan fingerprint density at radius 1 is 1.44 bits per heavy atom. The lowest BCUT2D eigenvalue weighted by Gasteiger charge is -2.16. The molecule has 0 unspecified atom stereocenters. The van der Waals surface area contributed by atoms with Crippen molar-refractivity contribution < 1.29 is 43.4 Å². The second-order valence-electron chi connectivity index (χ2n) is 5.52. The van der Waals surface area contributed by atoms with E-state index < -0.39 is 50.1 Å². The molecule has 1 fully saturated rings. The van der Waals surface area contributed by atoms with Gasteiger partial charge in [0.25, 0.3) is 5.56 Å². The van der Waals surface area contributed by atoms with E-state index in [9.17, 15) is 24.1 Å². The van der Waals surface area contributed by atoms with Crippen molar-refractivity contribution in [2.45, 2.75) is 31.8 Å². The summed E-state index contributed by atoms with van der Waals surface area (Å²) in [4.78, 5) is 51.8. The number of aromatic nitrogens is 2. The summed E-state index contributed by atoms with van der Waals surface area (Å²) in [6, 6.07) is 0. The Kier molecular flexibility index (Phi) is 8.50. The van der Waals surface area contributed by atoms with Gasteiger partial charge in [-0.05, 0) is 6.92 Å². The van der Waals surface area contributed by atoms with Crippen LogP contribution in [0.15, 0.2) is 15.8 Å². The molecule has 3 atom stereocenters. The number of nitrogens with one attached hydrogen (secondary N) is 1. The number of rotatable bonds is 6. The molecule has 13 nitrogen and oxygen atoms in total. The maximum atomic E-state index is 11.7. The maximum Gasteiger partial charge on any atom is 0.469 e. The van der Waals surface area contributed by atoms with Gasteiger partial charge in [-0.25, -0.2) is 14.2 Å². The molecule has 1 aliphatic heterocycles. The highest BCUT2D eigenvalue weighted by Gasteiger charge is 2.37. The average molecular weight is 412 g/mol. The Morgan fingerprint density at radius 3 is 2.56 bits per heavy atom. The van der Waals surface area contributed by atoms with Gasteiger partial charge in [-0.3, -0.25) is 18.9 Å². The number of carboxylic acid groups (broad SMARTS) is 1. The molecule has 1 aromatic rings. The van der Waals surface area contributed by atoms with E-state index in [4.69, 9.17) is 19.6 Å². The second kappa shape index (κ2) is 9.90.